The monoisotopic (exact) mass is 211 g/mol. The first kappa shape index (κ1) is 8.62. The highest BCUT2D eigenvalue weighted by Crippen LogP contribution is 2.26. The first-order chi connectivity index (χ1) is 7.43. The Morgan fingerprint density at radius 2 is 2.00 bits per heavy atom. The van der Waals surface area contributed by atoms with E-state index in [1.165, 1.54) is 21.2 Å². The van der Waals surface area contributed by atoms with Gasteiger partial charge in [0, 0.05) is 22.7 Å². The molecular formula is C13H9NS. The molecular weight excluding hydrogens is 202 g/mol. The summed E-state index contributed by atoms with van der Waals surface area (Å²) in [5.41, 5.74) is 2.41. The number of hydrogen-bond acceptors (Lipinski definition) is 2. The van der Waals surface area contributed by atoms with E-state index in [1.807, 2.05) is 12.3 Å². The molecule has 1 nitrogen and oxygen atoms in total. The Balaban J connectivity index is 2.19. The second kappa shape index (κ2) is 3.48. The first-order valence-corrected chi connectivity index (χ1v) is 5.69. The lowest BCUT2D eigenvalue weighted by Crippen LogP contribution is -1.77. The van der Waals surface area contributed by atoms with Crippen LogP contribution in [0.3, 0.4) is 0 Å². The van der Waals surface area contributed by atoms with Crippen LogP contribution in [0.5, 0.6) is 0 Å². The molecule has 2 heteroatoms. The number of pyridine rings is 1. The van der Waals surface area contributed by atoms with Crippen LogP contribution in [0.4, 0.5) is 0 Å². The third kappa shape index (κ3) is 1.53. The van der Waals surface area contributed by atoms with Crippen molar-refractivity contribution in [3.63, 3.8) is 0 Å². The minimum atomic E-state index is 1.17. The van der Waals surface area contributed by atoms with Crippen molar-refractivity contribution in [3.05, 3.63) is 54.2 Å². The third-order valence-corrected chi connectivity index (χ3v) is 3.33. The average molecular weight is 211 g/mol. The zero-order valence-corrected chi connectivity index (χ0v) is 8.87. The lowest BCUT2D eigenvalue weighted by atomic mass is 10.1. The number of benzene rings is 1. The van der Waals surface area contributed by atoms with Crippen molar-refractivity contribution in [3.8, 4) is 11.1 Å². The predicted molar refractivity (Wildman–Crippen MR) is 65.1 cm³/mol. The van der Waals surface area contributed by atoms with Crippen molar-refractivity contribution in [1.29, 1.82) is 0 Å². The molecule has 0 saturated heterocycles. The summed E-state index contributed by atoms with van der Waals surface area (Å²) in [6.45, 7) is 0. The molecule has 0 bridgehead atoms. The Labute approximate surface area is 92.0 Å². The Morgan fingerprint density at radius 1 is 1.00 bits per heavy atom. The summed E-state index contributed by atoms with van der Waals surface area (Å²) < 4.78 is 1.33. The summed E-state index contributed by atoms with van der Waals surface area (Å²) >= 11 is 1.78. The highest BCUT2D eigenvalue weighted by molar-refractivity contribution is 7.17. The van der Waals surface area contributed by atoms with Crippen LogP contribution in [0.2, 0.25) is 0 Å². The Kier molecular flexibility index (Phi) is 2.00. The quantitative estimate of drug-likeness (QED) is 0.593. The molecule has 0 aliphatic carbocycles. The molecule has 0 N–H and O–H groups in total. The van der Waals surface area contributed by atoms with Gasteiger partial charge in [-0.3, -0.25) is 4.98 Å². The first-order valence-electron chi connectivity index (χ1n) is 4.81. The van der Waals surface area contributed by atoms with Crippen molar-refractivity contribution in [1.82, 2.24) is 4.98 Å². The lowest BCUT2D eigenvalue weighted by Gasteiger charge is -2.00. The van der Waals surface area contributed by atoms with Crippen LogP contribution in [0.25, 0.3) is 21.2 Å². The van der Waals surface area contributed by atoms with Gasteiger partial charge in [0.1, 0.15) is 0 Å². The number of thiophene rings is 1. The van der Waals surface area contributed by atoms with E-state index in [-0.39, 0.29) is 0 Å². The van der Waals surface area contributed by atoms with E-state index in [4.69, 9.17) is 0 Å². The summed E-state index contributed by atoms with van der Waals surface area (Å²) in [5.74, 6) is 0. The molecule has 15 heavy (non-hydrogen) atoms. The number of nitrogens with zero attached hydrogens (tertiary/aromatic N) is 1. The molecule has 0 aliphatic rings. The SMILES string of the molecule is c1cncc(-c2ccc3ccsc3c2)c1. The largest absolute Gasteiger partial charge is 0.264 e. The van der Waals surface area contributed by atoms with Crippen LogP contribution in [0, 0.1) is 0 Å². The van der Waals surface area contributed by atoms with Crippen molar-refractivity contribution >= 4 is 21.4 Å². The standard InChI is InChI=1S/C13H9NS/c1-2-12(9-14-6-1)11-4-3-10-5-7-15-13(10)8-11/h1-9H. The summed E-state index contributed by atoms with van der Waals surface area (Å²) in [4.78, 5) is 4.13. The van der Waals surface area contributed by atoms with E-state index in [0.29, 0.717) is 0 Å². The zero-order chi connectivity index (χ0) is 10.1. The van der Waals surface area contributed by atoms with Crippen molar-refractivity contribution < 1.29 is 0 Å². The van der Waals surface area contributed by atoms with Gasteiger partial charge in [0.15, 0.2) is 0 Å². The van der Waals surface area contributed by atoms with E-state index in [1.54, 1.807) is 17.5 Å². The Hall–Kier alpha value is -1.67. The van der Waals surface area contributed by atoms with Crippen LogP contribution in [-0.2, 0) is 0 Å². The Bertz CT molecular complexity index is 584. The lowest BCUT2D eigenvalue weighted by molar-refractivity contribution is 1.33. The molecule has 0 spiro atoms. The number of fused-ring (bicyclic) bond motifs is 1. The smallest absolute Gasteiger partial charge is 0.0348 e. The molecule has 0 amide bonds. The van der Waals surface area contributed by atoms with Crippen LogP contribution in [0.1, 0.15) is 0 Å². The topological polar surface area (TPSA) is 12.9 Å². The van der Waals surface area contributed by atoms with Gasteiger partial charge in [-0.15, -0.1) is 11.3 Å². The van der Waals surface area contributed by atoms with Crippen molar-refractivity contribution in [2.75, 3.05) is 0 Å². The van der Waals surface area contributed by atoms with E-state index in [0.717, 1.165) is 0 Å². The molecule has 0 saturated carbocycles. The van der Waals surface area contributed by atoms with Crippen LogP contribution in [0.15, 0.2) is 54.2 Å². The molecule has 2 aromatic heterocycles. The summed E-state index contributed by atoms with van der Waals surface area (Å²) in [5, 5.41) is 3.44. The van der Waals surface area contributed by atoms with E-state index >= 15 is 0 Å². The van der Waals surface area contributed by atoms with Crippen molar-refractivity contribution in [2.24, 2.45) is 0 Å². The predicted octanol–water partition coefficient (Wildman–Crippen LogP) is 3.96. The third-order valence-electron chi connectivity index (χ3n) is 2.45. The highest BCUT2D eigenvalue weighted by atomic mass is 32.1. The van der Waals surface area contributed by atoms with Gasteiger partial charge >= 0.3 is 0 Å². The molecule has 3 rings (SSSR count). The summed E-state index contributed by atoms with van der Waals surface area (Å²) in [6, 6.07) is 12.7. The summed E-state index contributed by atoms with van der Waals surface area (Å²) in [7, 11) is 0. The molecule has 0 atom stereocenters. The minimum Gasteiger partial charge on any atom is -0.264 e. The number of rotatable bonds is 1. The van der Waals surface area contributed by atoms with Gasteiger partial charge in [-0.1, -0.05) is 18.2 Å². The maximum Gasteiger partial charge on any atom is 0.0348 e. The fourth-order valence-corrected chi connectivity index (χ4v) is 2.50. The molecule has 72 valence electrons. The van der Waals surface area contributed by atoms with Gasteiger partial charge < -0.3 is 0 Å². The number of hydrogen-bond donors (Lipinski definition) is 0. The molecule has 0 fully saturated rings. The fraction of sp³-hybridized carbons (Fsp3) is 0. The van der Waals surface area contributed by atoms with Gasteiger partial charge in [-0.2, -0.15) is 0 Å². The molecule has 3 aromatic rings. The van der Waals surface area contributed by atoms with Crippen LogP contribution >= 0.6 is 11.3 Å². The van der Waals surface area contributed by atoms with Gasteiger partial charge in [0.2, 0.25) is 0 Å². The summed E-state index contributed by atoms with van der Waals surface area (Å²) in [6.07, 6.45) is 3.70. The molecule has 2 heterocycles. The van der Waals surface area contributed by atoms with Gasteiger partial charge in [-0.25, -0.2) is 0 Å². The maximum absolute atomic E-state index is 4.13. The van der Waals surface area contributed by atoms with E-state index in [2.05, 4.69) is 40.7 Å². The normalized spacial score (nSPS) is 10.7. The molecule has 1 aromatic carbocycles. The molecule has 0 aliphatic heterocycles. The van der Waals surface area contributed by atoms with E-state index in [9.17, 15) is 0 Å². The van der Waals surface area contributed by atoms with Gasteiger partial charge in [0.25, 0.3) is 0 Å². The maximum atomic E-state index is 4.13. The Morgan fingerprint density at radius 3 is 2.87 bits per heavy atom. The average Bonchev–Trinajstić information content (AvgIpc) is 2.77. The molecule has 0 radical (unpaired) electrons. The van der Waals surface area contributed by atoms with E-state index < -0.39 is 0 Å². The van der Waals surface area contributed by atoms with Gasteiger partial charge in [0.05, 0.1) is 0 Å². The zero-order valence-electron chi connectivity index (χ0n) is 8.05. The highest BCUT2D eigenvalue weighted by Gasteiger charge is 1.99. The minimum absolute atomic E-state index is 1.17. The second-order valence-electron chi connectivity index (χ2n) is 3.41. The van der Waals surface area contributed by atoms with Crippen molar-refractivity contribution in [2.45, 2.75) is 0 Å². The fourth-order valence-electron chi connectivity index (χ4n) is 1.67. The molecule has 0 unspecified atom stereocenters. The van der Waals surface area contributed by atoms with Crippen LogP contribution in [-0.4, -0.2) is 4.98 Å². The number of aromatic nitrogens is 1. The van der Waals surface area contributed by atoms with Gasteiger partial charge in [-0.05, 0) is 34.5 Å². The second-order valence-corrected chi connectivity index (χ2v) is 4.36. The van der Waals surface area contributed by atoms with Crippen LogP contribution < -0.4 is 0 Å².